The highest BCUT2D eigenvalue weighted by Gasteiger charge is 2.23. The maximum atomic E-state index is 5.72. The molecular weight excluding hydrogens is 190 g/mol. The van der Waals surface area contributed by atoms with Crippen molar-refractivity contribution in [2.75, 3.05) is 26.4 Å². The van der Waals surface area contributed by atoms with Gasteiger partial charge in [0.1, 0.15) is 0 Å². The molecular formula is C12H23NO2. The maximum absolute atomic E-state index is 5.72. The van der Waals surface area contributed by atoms with Gasteiger partial charge in [0, 0.05) is 13.1 Å². The Balaban J connectivity index is 2.16. The van der Waals surface area contributed by atoms with Crippen LogP contribution >= 0.6 is 0 Å². The van der Waals surface area contributed by atoms with Gasteiger partial charge in [-0.15, -0.1) is 6.58 Å². The van der Waals surface area contributed by atoms with Gasteiger partial charge < -0.3 is 9.47 Å². The van der Waals surface area contributed by atoms with Crippen molar-refractivity contribution in [2.45, 2.75) is 38.9 Å². The maximum Gasteiger partial charge on any atom is 0.0998 e. The molecule has 3 heteroatoms. The zero-order chi connectivity index (χ0) is 11.3. The fourth-order valence-electron chi connectivity index (χ4n) is 1.54. The van der Waals surface area contributed by atoms with E-state index in [1.807, 2.05) is 0 Å². The molecule has 0 aliphatic carbocycles. The Morgan fingerprint density at radius 2 is 2.20 bits per heavy atom. The van der Waals surface area contributed by atoms with Crippen LogP contribution < -0.4 is 0 Å². The minimum Gasteiger partial charge on any atom is -0.373 e. The normalized spacial score (nSPS) is 23.3. The molecule has 15 heavy (non-hydrogen) atoms. The molecule has 0 spiro atoms. The van der Waals surface area contributed by atoms with Gasteiger partial charge in [-0.05, 0) is 27.2 Å². The molecule has 0 aromatic rings. The number of hydrogen-bond donors (Lipinski definition) is 0. The Bertz CT molecular complexity index is 198. The topological polar surface area (TPSA) is 21.7 Å². The minimum absolute atomic E-state index is 0.0555. The first-order chi connectivity index (χ1) is 7.01. The second kappa shape index (κ2) is 5.64. The fraction of sp³-hybridized carbons (Fsp3) is 0.833. The standard InChI is InChI=1S/C12H23NO2/c1-5-8-14-11-6-7-13(9-11)10-15-12(2,3)4/h5,11H,1,6-10H2,2-4H3. The van der Waals surface area contributed by atoms with Crippen LogP contribution in [0, 0.1) is 0 Å². The van der Waals surface area contributed by atoms with Crippen molar-refractivity contribution >= 4 is 0 Å². The lowest BCUT2D eigenvalue weighted by Crippen LogP contribution is -2.31. The van der Waals surface area contributed by atoms with Crippen LogP contribution in [0.15, 0.2) is 12.7 Å². The highest BCUT2D eigenvalue weighted by molar-refractivity contribution is 4.76. The summed E-state index contributed by atoms with van der Waals surface area (Å²) < 4.78 is 11.3. The van der Waals surface area contributed by atoms with Gasteiger partial charge in [-0.2, -0.15) is 0 Å². The number of rotatable bonds is 5. The number of nitrogens with zero attached hydrogens (tertiary/aromatic N) is 1. The lowest BCUT2D eigenvalue weighted by molar-refractivity contribution is -0.0606. The van der Waals surface area contributed by atoms with Crippen LogP contribution in [-0.2, 0) is 9.47 Å². The number of ether oxygens (including phenoxy) is 2. The lowest BCUT2D eigenvalue weighted by Gasteiger charge is -2.24. The molecule has 0 amide bonds. The first-order valence-electron chi connectivity index (χ1n) is 5.60. The molecule has 1 atom stereocenters. The molecule has 0 bridgehead atoms. The summed E-state index contributed by atoms with van der Waals surface area (Å²) in [6.45, 7) is 13.3. The van der Waals surface area contributed by atoms with E-state index >= 15 is 0 Å². The summed E-state index contributed by atoms with van der Waals surface area (Å²) >= 11 is 0. The van der Waals surface area contributed by atoms with Crippen molar-refractivity contribution < 1.29 is 9.47 Å². The van der Waals surface area contributed by atoms with Crippen LogP contribution in [0.3, 0.4) is 0 Å². The van der Waals surface area contributed by atoms with Crippen LogP contribution in [0.1, 0.15) is 27.2 Å². The second-order valence-electron chi connectivity index (χ2n) is 5.00. The molecule has 0 radical (unpaired) electrons. The highest BCUT2D eigenvalue weighted by Crippen LogP contribution is 2.15. The van der Waals surface area contributed by atoms with Gasteiger partial charge in [0.05, 0.1) is 25.0 Å². The average Bonchev–Trinajstić information content (AvgIpc) is 2.58. The van der Waals surface area contributed by atoms with E-state index in [1.54, 1.807) is 6.08 Å². The first kappa shape index (κ1) is 12.7. The zero-order valence-electron chi connectivity index (χ0n) is 10.2. The Kier molecular flexibility index (Phi) is 4.77. The molecule has 0 N–H and O–H groups in total. The zero-order valence-corrected chi connectivity index (χ0v) is 10.2. The van der Waals surface area contributed by atoms with Gasteiger partial charge in [0.2, 0.25) is 0 Å². The van der Waals surface area contributed by atoms with Crippen LogP contribution in [-0.4, -0.2) is 43.0 Å². The summed E-state index contributed by atoms with van der Waals surface area (Å²) in [5.41, 5.74) is -0.0555. The van der Waals surface area contributed by atoms with Crippen molar-refractivity contribution in [1.29, 1.82) is 0 Å². The molecule has 1 saturated heterocycles. The van der Waals surface area contributed by atoms with Gasteiger partial charge in [-0.1, -0.05) is 6.08 Å². The summed E-state index contributed by atoms with van der Waals surface area (Å²) in [6, 6.07) is 0. The molecule has 1 fully saturated rings. The van der Waals surface area contributed by atoms with E-state index in [4.69, 9.17) is 9.47 Å². The monoisotopic (exact) mass is 213 g/mol. The SMILES string of the molecule is C=CCOC1CCN(COC(C)(C)C)C1. The molecule has 0 aromatic heterocycles. The number of hydrogen-bond acceptors (Lipinski definition) is 3. The predicted molar refractivity (Wildman–Crippen MR) is 61.8 cm³/mol. The molecule has 1 aliphatic heterocycles. The Hall–Kier alpha value is -0.380. The molecule has 0 aromatic carbocycles. The average molecular weight is 213 g/mol. The summed E-state index contributed by atoms with van der Waals surface area (Å²) in [5.74, 6) is 0. The largest absolute Gasteiger partial charge is 0.373 e. The van der Waals surface area contributed by atoms with E-state index in [1.165, 1.54) is 0 Å². The molecule has 0 saturated carbocycles. The first-order valence-corrected chi connectivity index (χ1v) is 5.60. The van der Waals surface area contributed by atoms with Gasteiger partial charge in [0.25, 0.3) is 0 Å². The predicted octanol–water partition coefficient (Wildman–Crippen LogP) is 2.04. The molecule has 1 heterocycles. The van der Waals surface area contributed by atoms with Crippen molar-refractivity contribution in [2.24, 2.45) is 0 Å². The third-order valence-corrected chi connectivity index (χ3v) is 2.36. The van der Waals surface area contributed by atoms with E-state index < -0.39 is 0 Å². The summed E-state index contributed by atoms with van der Waals surface area (Å²) in [6.07, 6.45) is 3.25. The van der Waals surface area contributed by atoms with Crippen LogP contribution in [0.4, 0.5) is 0 Å². The summed E-state index contributed by atoms with van der Waals surface area (Å²) in [7, 11) is 0. The van der Waals surface area contributed by atoms with Crippen molar-refractivity contribution in [3.63, 3.8) is 0 Å². The van der Waals surface area contributed by atoms with Crippen LogP contribution in [0.25, 0.3) is 0 Å². The molecule has 1 unspecified atom stereocenters. The third-order valence-electron chi connectivity index (χ3n) is 2.36. The Labute approximate surface area is 93.0 Å². The molecule has 88 valence electrons. The van der Waals surface area contributed by atoms with Gasteiger partial charge >= 0.3 is 0 Å². The quantitative estimate of drug-likeness (QED) is 0.652. The van der Waals surface area contributed by atoms with E-state index in [2.05, 4.69) is 32.3 Å². The van der Waals surface area contributed by atoms with Crippen molar-refractivity contribution in [3.05, 3.63) is 12.7 Å². The highest BCUT2D eigenvalue weighted by atomic mass is 16.5. The lowest BCUT2D eigenvalue weighted by atomic mass is 10.2. The molecule has 1 rings (SSSR count). The van der Waals surface area contributed by atoms with E-state index in [-0.39, 0.29) is 5.60 Å². The van der Waals surface area contributed by atoms with Crippen LogP contribution in [0.2, 0.25) is 0 Å². The van der Waals surface area contributed by atoms with Gasteiger partial charge in [-0.3, -0.25) is 4.90 Å². The number of likely N-dealkylation sites (tertiary alicyclic amines) is 1. The third kappa shape index (κ3) is 5.30. The second-order valence-corrected chi connectivity index (χ2v) is 5.00. The Morgan fingerprint density at radius 3 is 2.80 bits per heavy atom. The fourth-order valence-corrected chi connectivity index (χ4v) is 1.54. The van der Waals surface area contributed by atoms with Crippen molar-refractivity contribution in [1.82, 2.24) is 4.90 Å². The smallest absolute Gasteiger partial charge is 0.0998 e. The Morgan fingerprint density at radius 1 is 1.47 bits per heavy atom. The van der Waals surface area contributed by atoms with E-state index in [9.17, 15) is 0 Å². The van der Waals surface area contributed by atoms with Gasteiger partial charge in [-0.25, -0.2) is 0 Å². The summed E-state index contributed by atoms with van der Waals surface area (Å²) in [5, 5.41) is 0. The van der Waals surface area contributed by atoms with Crippen molar-refractivity contribution in [3.8, 4) is 0 Å². The van der Waals surface area contributed by atoms with Gasteiger partial charge in [0.15, 0.2) is 0 Å². The van der Waals surface area contributed by atoms with E-state index in [0.29, 0.717) is 19.4 Å². The van der Waals surface area contributed by atoms with Crippen LogP contribution in [0.5, 0.6) is 0 Å². The molecule has 3 nitrogen and oxygen atoms in total. The minimum atomic E-state index is -0.0555. The molecule has 1 aliphatic rings. The van der Waals surface area contributed by atoms with E-state index in [0.717, 1.165) is 19.5 Å². The summed E-state index contributed by atoms with van der Waals surface area (Å²) in [4.78, 5) is 2.29.